The van der Waals surface area contributed by atoms with Gasteiger partial charge in [-0.2, -0.15) is 0 Å². The van der Waals surface area contributed by atoms with Crippen molar-refractivity contribution in [2.45, 2.75) is 24.4 Å². The summed E-state index contributed by atoms with van der Waals surface area (Å²) in [6.45, 7) is 6.70. The smallest absolute Gasteiger partial charge is 0.192 e. The molecule has 0 N–H and O–H groups in total. The van der Waals surface area contributed by atoms with Crippen molar-refractivity contribution >= 4 is 46.3 Å². The van der Waals surface area contributed by atoms with Crippen LogP contribution in [0.3, 0.4) is 0 Å². The summed E-state index contributed by atoms with van der Waals surface area (Å²) < 4.78 is 2.11. The molecule has 2 heterocycles. The molecular weight excluding hydrogens is 453 g/mol. The van der Waals surface area contributed by atoms with Gasteiger partial charge in [0.2, 0.25) is 0 Å². The van der Waals surface area contributed by atoms with Crippen molar-refractivity contribution in [1.29, 1.82) is 0 Å². The van der Waals surface area contributed by atoms with Crippen LogP contribution >= 0.6 is 46.3 Å². The fourth-order valence-corrected chi connectivity index (χ4v) is 5.32. The lowest BCUT2D eigenvalue weighted by molar-refractivity contribution is 0.731. The van der Waals surface area contributed by atoms with Gasteiger partial charge in [-0.05, 0) is 30.2 Å². The van der Waals surface area contributed by atoms with Crippen molar-refractivity contribution in [1.82, 2.24) is 14.8 Å². The van der Waals surface area contributed by atoms with Gasteiger partial charge in [-0.15, -0.1) is 28.1 Å². The maximum atomic E-state index is 6.15. The topological polar surface area (TPSA) is 30.7 Å². The molecule has 0 atom stereocenters. The van der Waals surface area contributed by atoms with Gasteiger partial charge in [0.25, 0.3) is 0 Å². The molecule has 0 fully saturated rings. The monoisotopic (exact) mass is 471 g/mol. The molecule has 0 radical (unpaired) electrons. The first-order chi connectivity index (χ1) is 14.6. The van der Waals surface area contributed by atoms with Gasteiger partial charge >= 0.3 is 0 Å². The van der Waals surface area contributed by atoms with Crippen LogP contribution in [0.5, 0.6) is 0 Å². The van der Waals surface area contributed by atoms with Gasteiger partial charge in [-0.25, -0.2) is 0 Å². The van der Waals surface area contributed by atoms with Gasteiger partial charge in [0.15, 0.2) is 11.0 Å². The van der Waals surface area contributed by atoms with E-state index in [1.165, 1.54) is 16.0 Å². The lowest BCUT2D eigenvalue weighted by Gasteiger charge is -2.10. The number of rotatable bonds is 7. The Labute approximate surface area is 194 Å². The summed E-state index contributed by atoms with van der Waals surface area (Å²) in [5, 5.41) is 13.2. The maximum absolute atomic E-state index is 6.15. The molecule has 0 bridgehead atoms. The Morgan fingerprint density at radius 1 is 1.10 bits per heavy atom. The van der Waals surface area contributed by atoms with E-state index in [2.05, 4.69) is 57.9 Å². The van der Waals surface area contributed by atoms with Crippen LogP contribution in [0.15, 0.2) is 71.7 Å². The molecule has 0 aliphatic carbocycles. The van der Waals surface area contributed by atoms with Gasteiger partial charge in [-0.3, -0.25) is 4.57 Å². The molecule has 0 saturated carbocycles. The van der Waals surface area contributed by atoms with Crippen LogP contribution in [0.2, 0.25) is 10.0 Å². The summed E-state index contributed by atoms with van der Waals surface area (Å²) in [5.74, 6) is 1.58. The third kappa shape index (κ3) is 4.35. The molecule has 0 amide bonds. The van der Waals surface area contributed by atoms with E-state index in [9.17, 15) is 0 Å². The minimum Gasteiger partial charge on any atom is -0.298 e. The Kier molecular flexibility index (Phi) is 6.64. The maximum Gasteiger partial charge on any atom is 0.192 e. The summed E-state index contributed by atoms with van der Waals surface area (Å²) in [4.78, 5) is 1.26. The second kappa shape index (κ2) is 9.40. The number of aromatic nitrogens is 3. The Balaban J connectivity index is 1.68. The third-order valence-corrected chi connectivity index (χ3v) is 7.35. The lowest BCUT2D eigenvalue weighted by atomic mass is 10.0. The number of allylic oxidation sites excluding steroid dienone is 1. The van der Waals surface area contributed by atoms with Crippen LogP contribution in [-0.4, -0.2) is 14.8 Å². The Morgan fingerprint density at radius 3 is 2.63 bits per heavy atom. The largest absolute Gasteiger partial charge is 0.298 e. The first kappa shape index (κ1) is 21.2. The number of hydrogen-bond acceptors (Lipinski definition) is 4. The highest BCUT2D eigenvalue weighted by atomic mass is 35.5. The van der Waals surface area contributed by atoms with E-state index >= 15 is 0 Å². The zero-order valence-electron chi connectivity index (χ0n) is 16.3. The second-order valence-electron chi connectivity index (χ2n) is 6.69. The molecule has 4 aromatic rings. The molecule has 152 valence electrons. The number of thiophene rings is 1. The van der Waals surface area contributed by atoms with E-state index in [0.717, 1.165) is 27.9 Å². The van der Waals surface area contributed by atoms with E-state index < -0.39 is 0 Å². The van der Waals surface area contributed by atoms with E-state index in [1.54, 1.807) is 23.1 Å². The molecule has 30 heavy (non-hydrogen) atoms. The number of benzene rings is 2. The van der Waals surface area contributed by atoms with E-state index in [1.807, 2.05) is 30.3 Å². The van der Waals surface area contributed by atoms with Crippen molar-refractivity contribution in [2.24, 2.45) is 0 Å². The van der Waals surface area contributed by atoms with Crippen LogP contribution in [-0.2, 0) is 12.3 Å². The molecule has 2 aromatic carbocycles. The highest BCUT2D eigenvalue weighted by Gasteiger charge is 2.20. The normalized spacial score (nSPS) is 11.0. The van der Waals surface area contributed by atoms with Gasteiger partial charge < -0.3 is 0 Å². The number of hydrogen-bond donors (Lipinski definition) is 0. The van der Waals surface area contributed by atoms with Gasteiger partial charge in [0, 0.05) is 33.7 Å². The predicted molar refractivity (Wildman–Crippen MR) is 130 cm³/mol. The SMILES string of the molecule is C=CCn1c(SCc2ccc(Cl)c(Cl)c2)nnc1-c1csc(C)c1-c1ccccc1. The summed E-state index contributed by atoms with van der Waals surface area (Å²) in [6.07, 6.45) is 1.87. The highest BCUT2D eigenvalue weighted by Crippen LogP contribution is 2.39. The number of aryl methyl sites for hydroxylation is 1. The van der Waals surface area contributed by atoms with E-state index in [-0.39, 0.29) is 0 Å². The predicted octanol–water partition coefficient (Wildman–Crippen LogP) is 7.77. The molecule has 2 aromatic heterocycles. The molecule has 3 nitrogen and oxygen atoms in total. The van der Waals surface area contributed by atoms with Crippen molar-refractivity contribution in [3.8, 4) is 22.5 Å². The molecule has 7 heteroatoms. The molecule has 0 saturated heterocycles. The summed E-state index contributed by atoms with van der Waals surface area (Å²) >= 11 is 15.5. The van der Waals surface area contributed by atoms with Gasteiger partial charge in [-0.1, -0.05) is 77.4 Å². The minimum absolute atomic E-state index is 0.559. The Morgan fingerprint density at radius 2 is 1.90 bits per heavy atom. The lowest BCUT2D eigenvalue weighted by Crippen LogP contribution is -2.01. The number of nitrogens with zero attached hydrogens (tertiary/aromatic N) is 3. The zero-order chi connectivity index (χ0) is 21.1. The summed E-state index contributed by atoms with van der Waals surface area (Å²) in [6, 6.07) is 16.1. The van der Waals surface area contributed by atoms with Crippen molar-refractivity contribution in [3.63, 3.8) is 0 Å². The zero-order valence-corrected chi connectivity index (χ0v) is 19.5. The van der Waals surface area contributed by atoms with Crippen LogP contribution in [0.1, 0.15) is 10.4 Å². The fourth-order valence-electron chi connectivity index (χ4n) is 3.25. The van der Waals surface area contributed by atoms with Crippen molar-refractivity contribution < 1.29 is 0 Å². The number of halogens is 2. The van der Waals surface area contributed by atoms with Crippen molar-refractivity contribution in [2.75, 3.05) is 0 Å². The first-order valence-corrected chi connectivity index (χ1v) is 11.9. The Hall–Kier alpha value is -2.05. The average molecular weight is 472 g/mol. The van der Waals surface area contributed by atoms with Crippen molar-refractivity contribution in [3.05, 3.63) is 87.1 Å². The van der Waals surface area contributed by atoms with E-state index in [4.69, 9.17) is 23.2 Å². The molecule has 0 unspecified atom stereocenters. The molecular formula is C23H19Cl2N3S2. The molecule has 0 aliphatic heterocycles. The van der Waals surface area contributed by atoms with Gasteiger partial charge in [0.05, 0.1) is 10.0 Å². The van der Waals surface area contributed by atoms with E-state index in [0.29, 0.717) is 16.6 Å². The Bertz CT molecular complexity index is 1180. The van der Waals surface area contributed by atoms with Crippen LogP contribution < -0.4 is 0 Å². The number of thioether (sulfide) groups is 1. The highest BCUT2D eigenvalue weighted by molar-refractivity contribution is 7.98. The first-order valence-electron chi connectivity index (χ1n) is 9.33. The average Bonchev–Trinajstić information content (AvgIpc) is 3.33. The molecule has 4 rings (SSSR count). The second-order valence-corrected chi connectivity index (χ2v) is 9.53. The molecule has 0 spiro atoms. The van der Waals surface area contributed by atoms with Crippen LogP contribution in [0.4, 0.5) is 0 Å². The quantitative estimate of drug-likeness (QED) is 0.203. The summed E-state index contributed by atoms with van der Waals surface area (Å²) in [7, 11) is 0. The standard InChI is InChI=1S/C23H19Cl2N3S2/c1-3-11-28-22(18-14-29-15(2)21(18)17-7-5-4-6-8-17)26-27-23(28)30-13-16-9-10-19(24)20(25)12-16/h3-10,12,14H,1,11,13H2,2H3. The fraction of sp³-hybridized carbons (Fsp3) is 0.130. The molecule has 0 aliphatic rings. The van der Waals surface area contributed by atoms with Crippen LogP contribution in [0, 0.1) is 6.92 Å². The minimum atomic E-state index is 0.559. The van der Waals surface area contributed by atoms with Gasteiger partial charge in [0.1, 0.15) is 0 Å². The summed E-state index contributed by atoms with van der Waals surface area (Å²) in [5.41, 5.74) is 4.57. The van der Waals surface area contributed by atoms with Crippen LogP contribution in [0.25, 0.3) is 22.5 Å². The third-order valence-electron chi connectivity index (χ3n) is 4.66.